The van der Waals surface area contributed by atoms with Crippen LogP contribution in [-0.4, -0.2) is 19.3 Å². The van der Waals surface area contributed by atoms with E-state index in [0.29, 0.717) is 0 Å². The number of rotatable bonds is 2. The van der Waals surface area contributed by atoms with Gasteiger partial charge in [0.2, 0.25) is 0 Å². The Kier molecular flexibility index (Phi) is 2.28. The molecule has 0 amide bonds. The van der Waals surface area contributed by atoms with Crippen molar-refractivity contribution in [2.24, 2.45) is 0 Å². The minimum atomic E-state index is 0.801. The number of nitrogens with one attached hydrogen (secondary N) is 1. The second kappa shape index (κ2) is 3.59. The summed E-state index contributed by atoms with van der Waals surface area (Å²) in [6.45, 7) is 0. The van der Waals surface area contributed by atoms with E-state index in [1.807, 2.05) is 30.5 Å². The van der Waals surface area contributed by atoms with Crippen molar-refractivity contribution in [1.29, 1.82) is 0 Å². The molecule has 0 atom stereocenters. The number of hydrazine groups is 1. The molecule has 0 saturated heterocycles. The lowest BCUT2D eigenvalue weighted by molar-refractivity contribution is -0.0742. The number of benzene rings is 1. The summed E-state index contributed by atoms with van der Waals surface area (Å²) >= 11 is 0. The molecular weight excluding hydrogens is 180 g/mol. The van der Waals surface area contributed by atoms with Crippen molar-refractivity contribution < 1.29 is 9.57 Å². The maximum atomic E-state index is 5.36. The quantitative estimate of drug-likeness (QED) is 0.767. The SMILES string of the molecule is COc1ccc(C2=CNN(C)O2)cc1. The maximum absolute atomic E-state index is 5.36. The lowest BCUT2D eigenvalue weighted by Gasteiger charge is -2.09. The fraction of sp³-hybridized carbons (Fsp3) is 0.200. The van der Waals surface area contributed by atoms with Gasteiger partial charge in [0.1, 0.15) is 5.75 Å². The van der Waals surface area contributed by atoms with Crippen molar-refractivity contribution in [3.05, 3.63) is 36.0 Å². The van der Waals surface area contributed by atoms with Gasteiger partial charge in [-0.1, -0.05) is 5.17 Å². The minimum Gasteiger partial charge on any atom is -0.497 e. The van der Waals surface area contributed by atoms with Crippen molar-refractivity contribution in [2.75, 3.05) is 14.2 Å². The van der Waals surface area contributed by atoms with Gasteiger partial charge in [-0.25, -0.2) is 0 Å². The Labute approximate surface area is 82.7 Å². The van der Waals surface area contributed by atoms with Crippen molar-refractivity contribution in [1.82, 2.24) is 10.6 Å². The number of ether oxygens (including phenoxy) is 1. The van der Waals surface area contributed by atoms with Gasteiger partial charge in [0, 0.05) is 12.6 Å². The number of hydrogen-bond acceptors (Lipinski definition) is 4. The fourth-order valence-electron chi connectivity index (χ4n) is 1.24. The van der Waals surface area contributed by atoms with Crippen LogP contribution in [0.1, 0.15) is 5.56 Å². The molecule has 1 aliphatic heterocycles. The van der Waals surface area contributed by atoms with Gasteiger partial charge < -0.3 is 9.57 Å². The lowest BCUT2D eigenvalue weighted by Crippen LogP contribution is -2.22. The van der Waals surface area contributed by atoms with Crippen LogP contribution in [-0.2, 0) is 4.84 Å². The Hall–Kier alpha value is -1.68. The van der Waals surface area contributed by atoms with Crippen LogP contribution in [0.5, 0.6) is 5.75 Å². The molecule has 1 N–H and O–H groups in total. The molecule has 1 aromatic rings. The summed E-state index contributed by atoms with van der Waals surface area (Å²) in [5.74, 6) is 1.64. The van der Waals surface area contributed by atoms with Crippen LogP contribution in [0.2, 0.25) is 0 Å². The average molecular weight is 192 g/mol. The molecule has 1 aliphatic rings. The topological polar surface area (TPSA) is 33.7 Å². The Morgan fingerprint density at radius 2 is 2.00 bits per heavy atom. The molecule has 0 unspecified atom stereocenters. The van der Waals surface area contributed by atoms with E-state index in [2.05, 4.69) is 5.43 Å². The fourth-order valence-corrected chi connectivity index (χ4v) is 1.24. The number of hydrogen-bond donors (Lipinski definition) is 1. The van der Waals surface area contributed by atoms with Gasteiger partial charge >= 0.3 is 0 Å². The van der Waals surface area contributed by atoms with Crippen LogP contribution in [0.3, 0.4) is 0 Å². The van der Waals surface area contributed by atoms with E-state index in [4.69, 9.17) is 9.57 Å². The van der Waals surface area contributed by atoms with Crippen molar-refractivity contribution >= 4 is 5.76 Å². The second-order valence-electron chi connectivity index (χ2n) is 2.95. The number of hydroxylamine groups is 1. The third kappa shape index (κ3) is 1.65. The molecule has 0 radical (unpaired) electrons. The van der Waals surface area contributed by atoms with Crippen LogP contribution in [0.25, 0.3) is 5.76 Å². The van der Waals surface area contributed by atoms with Crippen molar-refractivity contribution in [2.45, 2.75) is 0 Å². The molecule has 4 nitrogen and oxygen atoms in total. The van der Waals surface area contributed by atoms with E-state index in [9.17, 15) is 0 Å². The Morgan fingerprint density at radius 3 is 2.50 bits per heavy atom. The van der Waals surface area contributed by atoms with Crippen LogP contribution >= 0.6 is 0 Å². The second-order valence-corrected chi connectivity index (χ2v) is 2.95. The van der Waals surface area contributed by atoms with Gasteiger partial charge in [-0.2, -0.15) is 0 Å². The van der Waals surface area contributed by atoms with E-state index in [-0.39, 0.29) is 0 Å². The molecule has 14 heavy (non-hydrogen) atoms. The standard InChI is InChI=1S/C10H12N2O2/c1-12-11-7-10(14-12)8-3-5-9(13-2)6-4-8/h3-7,11H,1-2H3. The van der Waals surface area contributed by atoms with E-state index in [0.717, 1.165) is 17.1 Å². The Balaban J connectivity index is 2.17. The number of nitrogens with zero attached hydrogens (tertiary/aromatic N) is 1. The van der Waals surface area contributed by atoms with Gasteiger partial charge in [-0.15, -0.1) is 0 Å². The zero-order valence-corrected chi connectivity index (χ0v) is 8.15. The van der Waals surface area contributed by atoms with Crippen LogP contribution in [0.4, 0.5) is 0 Å². The van der Waals surface area contributed by atoms with Gasteiger partial charge in [0.05, 0.1) is 13.3 Å². The first-order chi connectivity index (χ1) is 6.79. The summed E-state index contributed by atoms with van der Waals surface area (Å²) in [5, 5.41) is 1.54. The van der Waals surface area contributed by atoms with E-state index < -0.39 is 0 Å². The summed E-state index contributed by atoms with van der Waals surface area (Å²) in [6, 6.07) is 7.70. The van der Waals surface area contributed by atoms with E-state index in [1.54, 1.807) is 19.3 Å². The molecule has 2 rings (SSSR count). The summed E-state index contributed by atoms with van der Waals surface area (Å²) in [6.07, 6.45) is 1.81. The Bertz CT molecular complexity index is 346. The molecule has 4 heteroatoms. The third-order valence-electron chi connectivity index (χ3n) is 1.99. The smallest absolute Gasteiger partial charge is 0.174 e. The molecular formula is C10H12N2O2. The van der Waals surface area contributed by atoms with Crippen LogP contribution in [0.15, 0.2) is 30.5 Å². The van der Waals surface area contributed by atoms with Gasteiger partial charge in [-0.05, 0) is 24.3 Å². The average Bonchev–Trinajstić information content (AvgIpc) is 2.65. The van der Waals surface area contributed by atoms with Crippen LogP contribution in [0, 0.1) is 0 Å². The zero-order chi connectivity index (χ0) is 9.97. The summed E-state index contributed by atoms with van der Waals surface area (Å²) in [5.41, 5.74) is 3.93. The highest BCUT2D eigenvalue weighted by atomic mass is 16.7. The predicted molar refractivity (Wildman–Crippen MR) is 53.0 cm³/mol. The first-order valence-corrected chi connectivity index (χ1v) is 4.32. The summed E-state index contributed by atoms with van der Waals surface area (Å²) in [7, 11) is 3.45. The monoisotopic (exact) mass is 192 g/mol. The predicted octanol–water partition coefficient (Wildman–Crippen LogP) is 1.38. The minimum absolute atomic E-state index is 0.801. The van der Waals surface area contributed by atoms with Gasteiger partial charge in [-0.3, -0.25) is 5.43 Å². The number of methoxy groups -OCH3 is 1. The molecule has 0 aliphatic carbocycles. The van der Waals surface area contributed by atoms with Crippen molar-refractivity contribution in [3.63, 3.8) is 0 Å². The maximum Gasteiger partial charge on any atom is 0.174 e. The largest absolute Gasteiger partial charge is 0.497 e. The lowest BCUT2D eigenvalue weighted by atomic mass is 10.2. The molecule has 0 aromatic heterocycles. The molecule has 0 saturated carbocycles. The third-order valence-corrected chi connectivity index (χ3v) is 1.99. The first kappa shape index (κ1) is 8.90. The Morgan fingerprint density at radius 1 is 1.29 bits per heavy atom. The highest BCUT2D eigenvalue weighted by molar-refractivity contribution is 5.60. The van der Waals surface area contributed by atoms with Crippen LogP contribution < -0.4 is 10.2 Å². The normalized spacial score (nSPS) is 15.7. The van der Waals surface area contributed by atoms with Crippen molar-refractivity contribution in [3.8, 4) is 5.75 Å². The summed E-state index contributed by atoms with van der Waals surface area (Å²) in [4.78, 5) is 5.36. The van der Waals surface area contributed by atoms with Gasteiger partial charge in [0.15, 0.2) is 5.76 Å². The van der Waals surface area contributed by atoms with E-state index >= 15 is 0 Å². The zero-order valence-electron chi connectivity index (χ0n) is 8.15. The van der Waals surface area contributed by atoms with E-state index in [1.165, 1.54) is 0 Å². The molecule has 1 heterocycles. The highest BCUT2D eigenvalue weighted by Crippen LogP contribution is 2.21. The summed E-state index contributed by atoms with van der Waals surface area (Å²) < 4.78 is 5.07. The molecule has 0 spiro atoms. The molecule has 0 fully saturated rings. The first-order valence-electron chi connectivity index (χ1n) is 4.32. The molecule has 0 bridgehead atoms. The van der Waals surface area contributed by atoms with Gasteiger partial charge in [0.25, 0.3) is 0 Å². The molecule has 74 valence electrons. The highest BCUT2D eigenvalue weighted by Gasteiger charge is 2.12. The molecule has 1 aromatic carbocycles.